The van der Waals surface area contributed by atoms with Gasteiger partial charge in [-0.1, -0.05) is 0 Å². The lowest BCUT2D eigenvalue weighted by Gasteiger charge is -2.23. The number of carbonyl (C=O) groups excluding carboxylic acids is 1. The van der Waals surface area contributed by atoms with Crippen molar-refractivity contribution in [2.45, 2.75) is 38.2 Å². The van der Waals surface area contributed by atoms with Crippen molar-refractivity contribution in [3.8, 4) is 0 Å². The average Bonchev–Trinajstić information content (AvgIpc) is 2.74. The van der Waals surface area contributed by atoms with Gasteiger partial charge in [-0.15, -0.1) is 0 Å². The third-order valence-electron chi connectivity index (χ3n) is 3.68. The Bertz CT molecular complexity index is 239. The fourth-order valence-electron chi connectivity index (χ4n) is 2.62. The molecule has 2 heterocycles. The summed E-state index contributed by atoms with van der Waals surface area (Å²) < 4.78 is 0. The lowest BCUT2D eigenvalue weighted by atomic mass is 9.94. The summed E-state index contributed by atoms with van der Waals surface area (Å²) in [5.41, 5.74) is 0. The number of hydrogen-bond donors (Lipinski definition) is 2. The largest absolute Gasteiger partial charge is 0.391 e. The van der Waals surface area contributed by atoms with Gasteiger partial charge < -0.3 is 15.3 Å². The van der Waals surface area contributed by atoms with E-state index in [4.69, 9.17) is 0 Å². The first kappa shape index (κ1) is 11.9. The summed E-state index contributed by atoms with van der Waals surface area (Å²) >= 11 is 0. The maximum atomic E-state index is 11.8. The maximum Gasteiger partial charge on any atom is 0.222 e. The van der Waals surface area contributed by atoms with E-state index in [-0.39, 0.29) is 12.0 Å². The highest BCUT2D eigenvalue weighted by atomic mass is 16.3. The van der Waals surface area contributed by atoms with Gasteiger partial charge in [0.05, 0.1) is 6.10 Å². The number of hydrogen-bond acceptors (Lipinski definition) is 3. The number of nitrogens with one attached hydrogen (secondary N) is 1. The first-order valence-corrected chi connectivity index (χ1v) is 6.42. The van der Waals surface area contributed by atoms with Gasteiger partial charge in [0, 0.05) is 19.5 Å². The molecule has 2 saturated heterocycles. The molecule has 0 aromatic carbocycles. The fraction of sp³-hybridized carbons (Fsp3) is 0.917. The second kappa shape index (κ2) is 5.64. The third kappa shape index (κ3) is 3.19. The van der Waals surface area contributed by atoms with Crippen molar-refractivity contribution in [3.63, 3.8) is 0 Å². The number of rotatable bonds is 3. The zero-order valence-electron chi connectivity index (χ0n) is 9.82. The Hall–Kier alpha value is -0.610. The van der Waals surface area contributed by atoms with Gasteiger partial charge in [0.1, 0.15) is 0 Å². The number of nitrogens with zero attached hydrogens (tertiary/aromatic N) is 1. The molecule has 2 fully saturated rings. The van der Waals surface area contributed by atoms with Crippen LogP contribution in [0.3, 0.4) is 0 Å². The van der Waals surface area contributed by atoms with Gasteiger partial charge in [-0.3, -0.25) is 4.79 Å². The molecule has 2 aliphatic heterocycles. The zero-order chi connectivity index (χ0) is 11.4. The van der Waals surface area contributed by atoms with E-state index in [1.54, 1.807) is 4.90 Å². The predicted molar refractivity (Wildman–Crippen MR) is 62.0 cm³/mol. The van der Waals surface area contributed by atoms with Crippen LogP contribution in [-0.2, 0) is 4.79 Å². The Morgan fingerprint density at radius 2 is 2.31 bits per heavy atom. The number of likely N-dealkylation sites (tertiary alicyclic amines) is 1. The molecule has 0 aromatic rings. The lowest BCUT2D eigenvalue weighted by molar-refractivity contribution is -0.130. The molecule has 16 heavy (non-hydrogen) atoms. The molecular formula is C12H22N2O2. The van der Waals surface area contributed by atoms with E-state index in [1.807, 2.05) is 0 Å². The molecule has 2 N–H and O–H groups in total. The van der Waals surface area contributed by atoms with Gasteiger partial charge in [-0.2, -0.15) is 0 Å². The maximum absolute atomic E-state index is 11.8. The van der Waals surface area contributed by atoms with Crippen molar-refractivity contribution in [1.82, 2.24) is 10.2 Å². The average molecular weight is 226 g/mol. The van der Waals surface area contributed by atoms with Crippen molar-refractivity contribution >= 4 is 5.91 Å². The first-order valence-electron chi connectivity index (χ1n) is 6.42. The van der Waals surface area contributed by atoms with E-state index < -0.39 is 0 Å². The smallest absolute Gasteiger partial charge is 0.222 e. The van der Waals surface area contributed by atoms with E-state index in [9.17, 15) is 9.90 Å². The first-order chi connectivity index (χ1) is 7.75. The quantitative estimate of drug-likeness (QED) is 0.730. The van der Waals surface area contributed by atoms with Crippen LogP contribution in [0, 0.1) is 5.92 Å². The van der Waals surface area contributed by atoms with Gasteiger partial charge in [0.25, 0.3) is 0 Å². The second-order valence-corrected chi connectivity index (χ2v) is 5.03. The third-order valence-corrected chi connectivity index (χ3v) is 3.68. The van der Waals surface area contributed by atoms with Crippen LogP contribution >= 0.6 is 0 Å². The van der Waals surface area contributed by atoms with Gasteiger partial charge >= 0.3 is 0 Å². The van der Waals surface area contributed by atoms with E-state index in [1.165, 1.54) is 12.8 Å². The molecule has 0 radical (unpaired) electrons. The molecule has 2 atom stereocenters. The van der Waals surface area contributed by atoms with Crippen molar-refractivity contribution in [2.75, 3.05) is 26.2 Å². The normalized spacial score (nSPS) is 30.7. The van der Waals surface area contributed by atoms with Crippen LogP contribution in [0.2, 0.25) is 0 Å². The number of carbonyl (C=O) groups is 1. The van der Waals surface area contributed by atoms with Crippen molar-refractivity contribution < 1.29 is 9.90 Å². The van der Waals surface area contributed by atoms with Crippen molar-refractivity contribution in [2.24, 2.45) is 5.92 Å². The summed E-state index contributed by atoms with van der Waals surface area (Å²) in [5.74, 6) is 0.896. The number of aliphatic hydroxyl groups excluding tert-OH is 1. The monoisotopic (exact) mass is 226 g/mol. The SMILES string of the molecule is O=C(CCC1CCCNC1)N1CC[C@@H](O)C1. The van der Waals surface area contributed by atoms with Crippen molar-refractivity contribution in [3.05, 3.63) is 0 Å². The molecule has 4 heteroatoms. The van der Waals surface area contributed by atoms with Crippen LogP contribution in [0.15, 0.2) is 0 Å². The Kier molecular flexibility index (Phi) is 4.18. The summed E-state index contributed by atoms with van der Waals surface area (Å²) in [6, 6.07) is 0. The highest BCUT2D eigenvalue weighted by molar-refractivity contribution is 5.76. The topological polar surface area (TPSA) is 52.6 Å². The number of piperidine rings is 1. The highest BCUT2D eigenvalue weighted by Gasteiger charge is 2.24. The summed E-state index contributed by atoms with van der Waals surface area (Å²) in [4.78, 5) is 13.6. The summed E-state index contributed by atoms with van der Waals surface area (Å²) in [6.45, 7) is 3.48. The van der Waals surface area contributed by atoms with Crippen LogP contribution in [0.1, 0.15) is 32.1 Å². The summed E-state index contributed by atoms with van der Waals surface area (Å²) in [5, 5.41) is 12.7. The van der Waals surface area contributed by atoms with Crippen LogP contribution < -0.4 is 5.32 Å². The Morgan fingerprint density at radius 1 is 1.44 bits per heavy atom. The highest BCUT2D eigenvalue weighted by Crippen LogP contribution is 2.18. The van der Waals surface area contributed by atoms with Crippen molar-refractivity contribution in [1.29, 1.82) is 0 Å². The zero-order valence-corrected chi connectivity index (χ0v) is 9.82. The lowest BCUT2D eigenvalue weighted by Crippen LogP contribution is -2.32. The molecular weight excluding hydrogens is 204 g/mol. The Morgan fingerprint density at radius 3 is 2.94 bits per heavy atom. The van der Waals surface area contributed by atoms with Crippen LogP contribution in [0.25, 0.3) is 0 Å². The van der Waals surface area contributed by atoms with Crippen LogP contribution in [0.4, 0.5) is 0 Å². The number of β-amino-alcohol motifs (C(OH)–C–C–N with tert-alkyl or cyclic N) is 1. The molecule has 4 nitrogen and oxygen atoms in total. The standard InChI is InChI=1S/C12H22N2O2/c15-11-5-7-14(9-11)12(16)4-3-10-2-1-6-13-8-10/h10-11,13,15H,1-9H2/t10?,11-/m1/s1. The van der Waals surface area contributed by atoms with Crippen LogP contribution in [-0.4, -0.2) is 48.2 Å². The molecule has 2 rings (SSSR count). The van der Waals surface area contributed by atoms with E-state index in [0.717, 1.165) is 32.5 Å². The molecule has 0 spiro atoms. The van der Waals surface area contributed by atoms with Crippen LogP contribution in [0.5, 0.6) is 0 Å². The summed E-state index contributed by atoms with van der Waals surface area (Å²) in [7, 11) is 0. The molecule has 2 aliphatic rings. The molecule has 0 aromatic heterocycles. The molecule has 92 valence electrons. The minimum atomic E-state index is -0.291. The minimum absolute atomic E-state index is 0.224. The number of amides is 1. The van der Waals surface area contributed by atoms with E-state index >= 15 is 0 Å². The summed E-state index contributed by atoms with van der Waals surface area (Å²) in [6.07, 6.45) is 4.60. The Labute approximate surface area is 97.0 Å². The molecule has 0 saturated carbocycles. The fourth-order valence-corrected chi connectivity index (χ4v) is 2.62. The van der Waals surface area contributed by atoms with Gasteiger partial charge in [0.15, 0.2) is 0 Å². The minimum Gasteiger partial charge on any atom is -0.391 e. The van der Waals surface area contributed by atoms with E-state index in [0.29, 0.717) is 18.9 Å². The molecule has 0 aliphatic carbocycles. The van der Waals surface area contributed by atoms with E-state index in [2.05, 4.69) is 5.32 Å². The van der Waals surface area contributed by atoms with Gasteiger partial charge in [-0.25, -0.2) is 0 Å². The Balaban J connectivity index is 1.67. The molecule has 1 amide bonds. The predicted octanol–water partition coefficient (Wildman–Crippen LogP) is 0.359. The molecule has 0 bridgehead atoms. The second-order valence-electron chi connectivity index (χ2n) is 5.03. The van der Waals surface area contributed by atoms with Gasteiger partial charge in [0.2, 0.25) is 5.91 Å². The number of aliphatic hydroxyl groups is 1. The molecule has 1 unspecified atom stereocenters. The van der Waals surface area contributed by atoms with Gasteiger partial charge in [-0.05, 0) is 44.7 Å².